The summed E-state index contributed by atoms with van der Waals surface area (Å²) >= 11 is 0. The fourth-order valence-electron chi connectivity index (χ4n) is 2.55. The van der Waals surface area contributed by atoms with Crippen LogP contribution in [0.15, 0.2) is 48.5 Å². The molecule has 2 aromatic carbocycles. The number of benzene rings is 2. The van der Waals surface area contributed by atoms with Gasteiger partial charge in [0.2, 0.25) is 0 Å². The van der Waals surface area contributed by atoms with Crippen LogP contribution in [-0.4, -0.2) is 0 Å². The molecule has 105 valence electrons. The van der Waals surface area contributed by atoms with Crippen LogP contribution >= 0.6 is 0 Å². The highest BCUT2D eigenvalue weighted by molar-refractivity contribution is 5.63. The molecular formula is C20H25. The summed E-state index contributed by atoms with van der Waals surface area (Å²) < 4.78 is 0. The highest BCUT2D eigenvalue weighted by Gasteiger charge is 1.98. The molecule has 0 unspecified atom stereocenters. The lowest BCUT2D eigenvalue weighted by molar-refractivity contribution is 0.607. The fourth-order valence-corrected chi connectivity index (χ4v) is 2.55. The predicted molar refractivity (Wildman–Crippen MR) is 87.8 cm³/mol. The van der Waals surface area contributed by atoms with E-state index >= 15 is 0 Å². The van der Waals surface area contributed by atoms with Gasteiger partial charge in [-0.25, -0.2) is 0 Å². The topological polar surface area (TPSA) is 0 Å². The molecule has 0 N–H and O–H groups in total. The van der Waals surface area contributed by atoms with Crippen LogP contribution in [0.4, 0.5) is 0 Å². The minimum absolute atomic E-state index is 1.22. The lowest BCUT2D eigenvalue weighted by Gasteiger charge is -2.05. The largest absolute Gasteiger partial charge is 0.0654 e. The maximum atomic E-state index is 3.06. The average Bonchev–Trinajstić information content (AvgIpc) is 2.52. The first-order valence-corrected chi connectivity index (χ1v) is 7.95. The van der Waals surface area contributed by atoms with Gasteiger partial charge in [0.25, 0.3) is 0 Å². The van der Waals surface area contributed by atoms with Gasteiger partial charge in [0.15, 0.2) is 0 Å². The van der Waals surface area contributed by atoms with Crippen LogP contribution in [0, 0.1) is 6.07 Å². The number of hydrogen-bond donors (Lipinski definition) is 0. The molecule has 1 radical (unpaired) electrons. The van der Waals surface area contributed by atoms with Crippen molar-refractivity contribution in [3.05, 3.63) is 60.2 Å². The second kappa shape index (κ2) is 8.58. The van der Waals surface area contributed by atoms with Crippen LogP contribution in [0.5, 0.6) is 0 Å². The summed E-state index contributed by atoms with van der Waals surface area (Å²) in [5.41, 5.74) is 4.03. The molecule has 20 heavy (non-hydrogen) atoms. The van der Waals surface area contributed by atoms with Crippen LogP contribution < -0.4 is 0 Å². The zero-order valence-electron chi connectivity index (χ0n) is 12.6. The molecule has 0 aliphatic heterocycles. The maximum Gasteiger partial charge on any atom is -0.0184 e. The molecule has 0 aliphatic carbocycles. The van der Waals surface area contributed by atoms with Crippen molar-refractivity contribution in [2.45, 2.75) is 51.9 Å². The van der Waals surface area contributed by atoms with Crippen molar-refractivity contribution in [3.63, 3.8) is 0 Å². The SMILES string of the molecule is CCCCCCCCc1ccc(-c2cc[c]cc2)cc1. The summed E-state index contributed by atoms with van der Waals surface area (Å²) in [6.45, 7) is 2.27. The second-order valence-electron chi connectivity index (χ2n) is 5.50. The zero-order chi connectivity index (χ0) is 14.0. The van der Waals surface area contributed by atoms with E-state index in [4.69, 9.17) is 0 Å². The highest BCUT2D eigenvalue weighted by atomic mass is 14.0. The third-order valence-electron chi connectivity index (χ3n) is 3.82. The molecule has 0 amide bonds. The van der Waals surface area contributed by atoms with Crippen molar-refractivity contribution >= 4 is 0 Å². The van der Waals surface area contributed by atoms with E-state index in [1.54, 1.807) is 0 Å². The summed E-state index contributed by atoms with van der Waals surface area (Å²) in [4.78, 5) is 0. The Balaban J connectivity index is 1.77. The molecule has 2 aromatic rings. The van der Waals surface area contributed by atoms with E-state index < -0.39 is 0 Å². The van der Waals surface area contributed by atoms with Crippen molar-refractivity contribution in [1.29, 1.82) is 0 Å². The Morgan fingerprint density at radius 1 is 0.700 bits per heavy atom. The van der Waals surface area contributed by atoms with Crippen molar-refractivity contribution in [1.82, 2.24) is 0 Å². The lowest BCUT2D eigenvalue weighted by atomic mass is 10.0. The normalized spacial score (nSPS) is 10.7. The van der Waals surface area contributed by atoms with Crippen molar-refractivity contribution in [2.75, 3.05) is 0 Å². The fraction of sp³-hybridized carbons (Fsp3) is 0.400. The van der Waals surface area contributed by atoms with E-state index in [0.29, 0.717) is 0 Å². The first-order chi connectivity index (χ1) is 9.90. The third kappa shape index (κ3) is 4.85. The van der Waals surface area contributed by atoms with E-state index in [-0.39, 0.29) is 0 Å². The summed E-state index contributed by atoms with van der Waals surface area (Å²) in [5.74, 6) is 0. The van der Waals surface area contributed by atoms with Gasteiger partial charge in [-0.15, -0.1) is 0 Å². The van der Waals surface area contributed by atoms with Gasteiger partial charge in [-0.1, -0.05) is 87.6 Å². The van der Waals surface area contributed by atoms with E-state index in [1.807, 2.05) is 12.1 Å². The molecule has 0 heteroatoms. The predicted octanol–water partition coefficient (Wildman–Crippen LogP) is 6.06. The summed E-state index contributed by atoms with van der Waals surface area (Å²) in [7, 11) is 0. The molecule has 0 saturated carbocycles. The lowest BCUT2D eigenvalue weighted by Crippen LogP contribution is -1.87. The van der Waals surface area contributed by atoms with Crippen LogP contribution in [0.3, 0.4) is 0 Å². The minimum Gasteiger partial charge on any atom is -0.0654 e. The Kier molecular flexibility index (Phi) is 6.37. The van der Waals surface area contributed by atoms with Crippen LogP contribution in [0.25, 0.3) is 11.1 Å². The number of hydrogen-bond acceptors (Lipinski definition) is 0. The van der Waals surface area contributed by atoms with E-state index in [1.165, 1.54) is 61.6 Å². The molecule has 0 saturated heterocycles. The molecule has 0 aliphatic rings. The zero-order valence-corrected chi connectivity index (χ0v) is 12.6. The molecule has 0 spiro atoms. The Hall–Kier alpha value is -1.56. The van der Waals surface area contributed by atoms with E-state index in [2.05, 4.69) is 49.4 Å². The van der Waals surface area contributed by atoms with Gasteiger partial charge in [0, 0.05) is 0 Å². The molecule has 0 nitrogen and oxygen atoms in total. The van der Waals surface area contributed by atoms with E-state index in [9.17, 15) is 0 Å². The summed E-state index contributed by atoms with van der Waals surface area (Å²) in [5, 5.41) is 0. The molecule has 0 atom stereocenters. The van der Waals surface area contributed by atoms with Gasteiger partial charge in [0.05, 0.1) is 0 Å². The summed E-state index contributed by atoms with van der Waals surface area (Å²) in [6.07, 6.45) is 9.43. The smallest absolute Gasteiger partial charge is 0.0184 e. The van der Waals surface area contributed by atoms with Crippen molar-refractivity contribution in [2.24, 2.45) is 0 Å². The number of aryl methyl sites for hydroxylation is 1. The number of unbranched alkanes of at least 4 members (excludes halogenated alkanes) is 5. The first kappa shape index (κ1) is 14.8. The monoisotopic (exact) mass is 265 g/mol. The maximum absolute atomic E-state index is 3.06. The standard InChI is InChI=1S/C20H25/c1-2-3-4-5-6-8-11-18-14-16-20(17-15-18)19-12-9-7-10-13-19/h9-10,12-17H,2-6,8,11H2,1H3. The summed E-state index contributed by atoms with van der Waals surface area (Å²) in [6, 6.07) is 20.3. The Morgan fingerprint density at radius 3 is 2.00 bits per heavy atom. The molecule has 0 fully saturated rings. The molecule has 0 aromatic heterocycles. The second-order valence-corrected chi connectivity index (χ2v) is 5.50. The highest BCUT2D eigenvalue weighted by Crippen LogP contribution is 2.20. The first-order valence-electron chi connectivity index (χ1n) is 7.95. The van der Waals surface area contributed by atoms with Crippen LogP contribution in [0.2, 0.25) is 0 Å². The third-order valence-corrected chi connectivity index (χ3v) is 3.82. The minimum atomic E-state index is 1.22. The molecular weight excluding hydrogens is 240 g/mol. The quantitative estimate of drug-likeness (QED) is 0.509. The molecule has 0 bridgehead atoms. The van der Waals surface area contributed by atoms with Crippen LogP contribution in [0.1, 0.15) is 51.0 Å². The van der Waals surface area contributed by atoms with Gasteiger partial charge in [-0.05, 0) is 35.6 Å². The van der Waals surface area contributed by atoms with Gasteiger partial charge in [-0.2, -0.15) is 0 Å². The Labute approximate surface area is 123 Å². The van der Waals surface area contributed by atoms with Gasteiger partial charge < -0.3 is 0 Å². The van der Waals surface area contributed by atoms with E-state index in [0.717, 1.165) is 0 Å². The van der Waals surface area contributed by atoms with Gasteiger partial charge in [-0.3, -0.25) is 0 Å². The van der Waals surface area contributed by atoms with Crippen LogP contribution in [-0.2, 0) is 6.42 Å². The van der Waals surface area contributed by atoms with Crippen molar-refractivity contribution in [3.8, 4) is 11.1 Å². The molecule has 2 rings (SSSR count). The Bertz CT molecular complexity index is 467. The Morgan fingerprint density at radius 2 is 1.30 bits per heavy atom. The molecule has 0 heterocycles. The van der Waals surface area contributed by atoms with Gasteiger partial charge in [0.1, 0.15) is 0 Å². The number of rotatable bonds is 8. The van der Waals surface area contributed by atoms with Gasteiger partial charge >= 0.3 is 0 Å². The van der Waals surface area contributed by atoms with Crippen molar-refractivity contribution < 1.29 is 0 Å². The average molecular weight is 265 g/mol.